The van der Waals surface area contributed by atoms with Gasteiger partial charge >= 0.3 is 0 Å². The third-order valence-corrected chi connectivity index (χ3v) is 5.47. The van der Waals surface area contributed by atoms with Gasteiger partial charge in [0.15, 0.2) is 5.82 Å². The largest absolute Gasteiger partial charge is 0.371 e. The fourth-order valence-corrected chi connectivity index (χ4v) is 3.80. The molecule has 2 aromatic carbocycles. The Labute approximate surface area is 162 Å². The molecule has 1 aliphatic rings. The summed E-state index contributed by atoms with van der Waals surface area (Å²) in [6.45, 7) is 4.42. The van der Waals surface area contributed by atoms with Crippen LogP contribution in [0.5, 0.6) is 0 Å². The molecule has 138 valence electrons. The molecular formula is C23H20N4O. The first-order valence-corrected chi connectivity index (χ1v) is 9.51. The van der Waals surface area contributed by atoms with E-state index in [1.165, 1.54) is 27.9 Å². The maximum absolute atomic E-state index is 12.9. The summed E-state index contributed by atoms with van der Waals surface area (Å²) in [7, 11) is 0. The zero-order valence-electron chi connectivity index (χ0n) is 15.7. The van der Waals surface area contributed by atoms with Crippen molar-refractivity contribution in [2.24, 2.45) is 0 Å². The molecule has 0 bridgehead atoms. The van der Waals surface area contributed by atoms with Gasteiger partial charge in [-0.2, -0.15) is 9.78 Å². The Morgan fingerprint density at radius 3 is 2.64 bits per heavy atom. The molecule has 4 aromatic rings. The van der Waals surface area contributed by atoms with Crippen molar-refractivity contribution in [2.45, 2.75) is 13.3 Å². The molecule has 3 heterocycles. The maximum Gasteiger partial charge on any atom is 0.280 e. The van der Waals surface area contributed by atoms with Gasteiger partial charge in [0.2, 0.25) is 0 Å². The number of aromatic nitrogens is 3. The van der Waals surface area contributed by atoms with Crippen LogP contribution in [0.25, 0.3) is 27.7 Å². The van der Waals surface area contributed by atoms with E-state index >= 15 is 0 Å². The van der Waals surface area contributed by atoms with E-state index in [9.17, 15) is 4.79 Å². The lowest BCUT2D eigenvalue weighted by molar-refractivity contribution is 0.616. The number of rotatable bonds is 3. The quantitative estimate of drug-likeness (QED) is 0.549. The van der Waals surface area contributed by atoms with Crippen molar-refractivity contribution in [3.63, 3.8) is 0 Å². The summed E-state index contributed by atoms with van der Waals surface area (Å²) in [4.78, 5) is 19.5. The van der Waals surface area contributed by atoms with Crippen LogP contribution in [0.15, 0.2) is 71.8 Å². The molecule has 2 aromatic heterocycles. The van der Waals surface area contributed by atoms with Gasteiger partial charge in [-0.05, 0) is 60.4 Å². The molecule has 0 atom stereocenters. The SMILES string of the molecule is Cc1c(-c2ccc3c(=O)n(-c4ccccn4)ncc3c2)cccc1N1CCC1. The van der Waals surface area contributed by atoms with Crippen LogP contribution in [0.2, 0.25) is 0 Å². The highest BCUT2D eigenvalue weighted by atomic mass is 16.1. The molecule has 0 N–H and O–H groups in total. The predicted molar refractivity (Wildman–Crippen MR) is 112 cm³/mol. The van der Waals surface area contributed by atoms with E-state index in [-0.39, 0.29) is 5.56 Å². The Balaban J connectivity index is 1.61. The Kier molecular flexibility index (Phi) is 3.93. The number of pyridine rings is 1. The van der Waals surface area contributed by atoms with Crippen LogP contribution in [0.4, 0.5) is 5.69 Å². The van der Waals surface area contributed by atoms with E-state index in [4.69, 9.17) is 0 Å². The van der Waals surface area contributed by atoms with Gasteiger partial charge < -0.3 is 4.90 Å². The maximum atomic E-state index is 12.9. The molecule has 0 amide bonds. The van der Waals surface area contributed by atoms with Gasteiger partial charge in [-0.25, -0.2) is 4.98 Å². The number of nitrogens with zero attached hydrogens (tertiary/aromatic N) is 4. The average molecular weight is 368 g/mol. The number of hydrogen-bond acceptors (Lipinski definition) is 4. The summed E-state index contributed by atoms with van der Waals surface area (Å²) in [6, 6.07) is 17.8. The summed E-state index contributed by atoms with van der Waals surface area (Å²) in [5, 5.41) is 5.81. The fourth-order valence-electron chi connectivity index (χ4n) is 3.80. The molecule has 1 aliphatic heterocycles. The highest BCUT2D eigenvalue weighted by molar-refractivity contribution is 5.87. The second-order valence-corrected chi connectivity index (χ2v) is 7.14. The van der Waals surface area contributed by atoms with Crippen molar-refractivity contribution >= 4 is 16.5 Å². The smallest absolute Gasteiger partial charge is 0.280 e. The van der Waals surface area contributed by atoms with Crippen LogP contribution < -0.4 is 10.5 Å². The molecule has 0 radical (unpaired) electrons. The molecule has 5 heteroatoms. The summed E-state index contributed by atoms with van der Waals surface area (Å²) < 4.78 is 1.34. The lowest BCUT2D eigenvalue weighted by Crippen LogP contribution is -2.37. The number of benzene rings is 2. The van der Waals surface area contributed by atoms with E-state index in [0.29, 0.717) is 11.2 Å². The monoisotopic (exact) mass is 368 g/mol. The lowest BCUT2D eigenvalue weighted by Gasteiger charge is -2.35. The van der Waals surface area contributed by atoms with Gasteiger partial charge in [0, 0.05) is 30.4 Å². The van der Waals surface area contributed by atoms with Crippen molar-refractivity contribution < 1.29 is 0 Å². The van der Waals surface area contributed by atoms with Crippen molar-refractivity contribution in [1.29, 1.82) is 0 Å². The van der Waals surface area contributed by atoms with E-state index < -0.39 is 0 Å². The minimum absolute atomic E-state index is 0.159. The van der Waals surface area contributed by atoms with Crippen LogP contribution in [0.1, 0.15) is 12.0 Å². The van der Waals surface area contributed by atoms with Crippen molar-refractivity contribution in [1.82, 2.24) is 14.8 Å². The van der Waals surface area contributed by atoms with Gasteiger partial charge in [0.05, 0.1) is 11.6 Å². The second-order valence-electron chi connectivity index (χ2n) is 7.14. The minimum Gasteiger partial charge on any atom is -0.371 e. The normalized spacial score (nSPS) is 13.5. The van der Waals surface area contributed by atoms with Crippen LogP contribution >= 0.6 is 0 Å². The Hall–Kier alpha value is -3.47. The first-order valence-electron chi connectivity index (χ1n) is 9.51. The standard InChI is InChI=1S/C23H20N4O/c1-16-19(6-4-7-21(16)26-12-5-13-26)17-9-10-20-18(14-17)15-25-27(23(20)28)22-8-2-3-11-24-22/h2-4,6-11,14-15H,5,12-13H2,1H3. The van der Waals surface area contributed by atoms with Crippen molar-refractivity contribution in [3.8, 4) is 16.9 Å². The van der Waals surface area contributed by atoms with E-state index in [2.05, 4.69) is 46.2 Å². The summed E-state index contributed by atoms with van der Waals surface area (Å²) in [5.41, 5.74) is 4.71. The molecule has 5 nitrogen and oxygen atoms in total. The van der Waals surface area contributed by atoms with Crippen LogP contribution in [0.3, 0.4) is 0 Å². The lowest BCUT2D eigenvalue weighted by atomic mass is 9.96. The number of anilines is 1. The predicted octanol–water partition coefficient (Wildman–Crippen LogP) is 3.97. The average Bonchev–Trinajstić information content (AvgIpc) is 2.69. The highest BCUT2D eigenvalue weighted by Gasteiger charge is 2.18. The number of hydrogen-bond donors (Lipinski definition) is 0. The second kappa shape index (κ2) is 6.60. The first-order chi connectivity index (χ1) is 13.7. The molecule has 1 saturated heterocycles. The van der Waals surface area contributed by atoms with Crippen LogP contribution in [-0.4, -0.2) is 27.9 Å². The van der Waals surface area contributed by atoms with Gasteiger partial charge in [0.25, 0.3) is 5.56 Å². The third kappa shape index (κ3) is 2.67. The van der Waals surface area contributed by atoms with Crippen molar-refractivity contribution in [3.05, 3.63) is 82.9 Å². The molecule has 0 saturated carbocycles. The highest BCUT2D eigenvalue weighted by Crippen LogP contribution is 2.33. The minimum atomic E-state index is -0.159. The van der Waals surface area contributed by atoms with Crippen LogP contribution in [-0.2, 0) is 0 Å². The van der Waals surface area contributed by atoms with E-state index in [1.54, 1.807) is 18.5 Å². The molecule has 0 unspecified atom stereocenters. The summed E-state index contributed by atoms with van der Waals surface area (Å²) in [6.07, 6.45) is 4.65. The molecule has 0 aliphatic carbocycles. The zero-order valence-corrected chi connectivity index (χ0v) is 15.7. The number of fused-ring (bicyclic) bond motifs is 1. The van der Waals surface area contributed by atoms with Gasteiger partial charge in [-0.1, -0.05) is 24.3 Å². The molecule has 5 rings (SSSR count). The fraction of sp³-hybridized carbons (Fsp3) is 0.174. The van der Waals surface area contributed by atoms with E-state index in [0.717, 1.165) is 24.0 Å². The molecule has 1 fully saturated rings. The molecular weight excluding hydrogens is 348 g/mol. The Morgan fingerprint density at radius 1 is 1.00 bits per heavy atom. The van der Waals surface area contributed by atoms with Crippen molar-refractivity contribution in [2.75, 3.05) is 18.0 Å². The zero-order chi connectivity index (χ0) is 19.1. The van der Waals surface area contributed by atoms with Gasteiger partial charge in [0.1, 0.15) is 0 Å². The molecule has 28 heavy (non-hydrogen) atoms. The Bertz CT molecular complexity index is 1230. The topological polar surface area (TPSA) is 51.0 Å². The van der Waals surface area contributed by atoms with E-state index in [1.807, 2.05) is 24.3 Å². The first kappa shape index (κ1) is 16.7. The third-order valence-electron chi connectivity index (χ3n) is 5.47. The van der Waals surface area contributed by atoms with Gasteiger partial charge in [-0.3, -0.25) is 4.79 Å². The summed E-state index contributed by atoms with van der Waals surface area (Å²) in [5.74, 6) is 0.525. The summed E-state index contributed by atoms with van der Waals surface area (Å²) >= 11 is 0. The van der Waals surface area contributed by atoms with Gasteiger partial charge in [-0.15, -0.1) is 0 Å². The Morgan fingerprint density at radius 2 is 1.89 bits per heavy atom. The molecule has 0 spiro atoms. The van der Waals surface area contributed by atoms with Crippen LogP contribution in [0, 0.1) is 6.92 Å².